The third-order valence-electron chi connectivity index (χ3n) is 3.27. The van der Waals surface area contributed by atoms with Gasteiger partial charge in [-0.05, 0) is 26.7 Å². The Morgan fingerprint density at radius 3 is 2.61 bits per heavy atom. The van der Waals surface area contributed by atoms with Crippen LogP contribution >= 0.6 is 0 Å². The lowest BCUT2D eigenvalue weighted by Crippen LogP contribution is -2.45. The van der Waals surface area contributed by atoms with Gasteiger partial charge in [0.05, 0.1) is 18.8 Å². The van der Waals surface area contributed by atoms with Crippen LogP contribution in [0.1, 0.15) is 32.6 Å². The maximum absolute atomic E-state index is 5.69. The molecular weight excluding hydrogens is 232 g/mol. The Morgan fingerprint density at radius 2 is 1.94 bits per heavy atom. The summed E-state index contributed by atoms with van der Waals surface area (Å²) in [5.41, 5.74) is 0. The van der Waals surface area contributed by atoms with Crippen LogP contribution in [0.5, 0.6) is 0 Å². The molecule has 2 aliphatic rings. The van der Waals surface area contributed by atoms with E-state index in [1.54, 1.807) is 0 Å². The van der Waals surface area contributed by atoms with Gasteiger partial charge in [-0.15, -0.1) is 5.10 Å². The minimum Gasteiger partial charge on any atom is -0.407 e. The van der Waals surface area contributed by atoms with Crippen molar-refractivity contribution >= 4 is 6.01 Å². The zero-order valence-electron chi connectivity index (χ0n) is 10.9. The Hall–Kier alpha value is -1.14. The second-order valence-electron chi connectivity index (χ2n) is 5.30. The van der Waals surface area contributed by atoms with Crippen molar-refractivity contribution in [3.8, 4) is 0 Å². The molecule has 2 atom stereocenters. The summed E-state index contributed by atoms with van der Waals surface area (Å²) >= 11 is 0. The lowest BCUT2D eigenvalue weighted by atomic mass is 10.2. The molecule has 0 amide bonds. The topological polar surface area (TPSA) is 63.4 Å². The van der Waals surface area contributed by atoms with Crippen molar-refractivity contribution in [1.29, 1.82) is 0 Å². The molecule has 6 nitrogen and oxygen atoms in total. The van der Waals surface area contributed by atoms with E-state index in [2.05, 4.69) is 34.3 Å². The SMILES string of the molecule is CC1CN(c2nnc(CNC3CC3)o2)CC(C)O1. The van der Waals surface area contributed by atoms with Crippen LogP contribution in [0, 0.1) is 0 Å². The zero-order chi connectivity index (χ0) is 12.5. The maximum atomic E-state index is 5.69. The highest BCUT2D eigenvalue weighted by Gasteiger charge is 2.26. The van der Waals surface area contributed by atoms with Gasteiger partial charge in [-0.25, -0.2) is 0 Å². The molecule has 0 spiro atoms. The summed E-state index contributed by atoms with van der Waals surface area (Å²) in [6, 6.07) is 1.27. The van der Waals surface area contributed by atoms with E-state index in [1.807, 2.05) is 0 Å². The molecule has 1 saturated carbocycles. The maximum Gasteiger partial charge on any atom is 0.318 e. The molecule has 100 valence electrons. The quantitative estimate of drug-likeness (QED) is 0.860. The lowest BCUT2D eigenvalue weighted by Gasteiger charge is -2.33. The fourth-order valence-corrected chi connectivity index (χ4v) is 2.30. The van der Waals surface area contributed by atoms with Crippen molar-refractivity contribution in [2.24, 2.45) is 0 Å². The molecule has 0 bridgehead atoms. The van der Waals surface area contributed by atoms with E-state index in [0.29, 0.717) is 24.5 Å². The fourth-order valence-electron chi connectivity index (χ4n) is 2.30. The highest BCUT2D eigenvalue weighted by Crippen LogP contribution is 2.21. The molecule has 1 aromatic rings. The van der Waals surface area contributed by atoms with Crippen molar-refractivity contribution in [3.05, 3.63) is 5.89 Å². The van der Waals surface area contributed by atoms with Gasteiger partial charge in [0, 0.05) is 19.1 Å². The second-order valence-corrected chi connectivity index (χ2v) is 5.30. The number of rotatable bonds is 4. The molecule has 1 saturated heterocycles. The number of nitrogens with zero attached hydrogens (tertiary/aromatic N) is 3. The molecule has 2 fully saturated rings. The van der Waals surface area contributed by atoms with Gasteiger partial charge in [-0.1, -0.05) is 5.10 Å². The molecular formula is C12H20N4O2. The van der Waals surface area contributed by atoms with Crippen LogP contribution in [0.3, 0.4) is 0 Å². The van der Waals surface area contributed by atoms with E-state index < -0.39 is 0 Å². The first kappa shape index (κ1) is 11.9. The van der Waals surface area contributed by atoms with Crippen LogP contribution in [-0.2, 0) is 11.3 Å². The van der Waals surface area contributed by atoms with Gasteiger partial charge in [0.2, 0.25) is 5.89 Å². The largest absolute Gasteiger partial charge is 0.407 e. The van der Waals surface area contributed by atoms with Gasteiger partial charge in [0.1, 0.15) is 0 Å². The van der Waals surface area contributed by atoms with Crippen LogP contribution in [0.15, 0.2) is 4.42 Å². The number of nitrogens with one attached hydrogen (secondary N) is 1. The van der Waals surface area contributed by atoms with Gasteiger partial charge < -0.3 is 19.4 Å². The van der Waals surface area contributed by atoms with Gasteiger partial charge >= 0.3 is 6.01 Å². The average molecular weight is 252 g/mol. The molecule has 0 aromatic carbocycles. The van der Waals surface area contributed by atoms with Gasteiger partial charge in [0.25, 0.3) is 0 Å². The van der Waals surface area contributed by atoms with Gasteiger partial charge in [-0.3, -0.25) is 0 Å². The number of hydrogen-bond acceptors (Lipinski definition) is 6. The standard InChI is InChI=1S/C12H20N4O2/c1-8-6-16(7-9(2)17-8)12-15-14-11(18-12)5-13-10-3-4-10/h8-10,13H,3-7H2,1-2H3. The van der Waals surface area contributed by atoms with E-state index in [0.717, 1.165) is 13.1 Å². The summed E-state index contributed by atoms with van der Waals surface area (Å²) in [4.78, 5) is 2.10. The smallest absolute Gasteiger partial charge is 0.318 e. The number of anilines is 1. The van der Waals surface area contributed by atoms with Gasteiger partial charge in [-0.2, -0.15) is 0 Å². The van der Waals surface area contributed by atoms with Crippen molar-refractivity contribution in [2.75, 3.05) is 18.0 Å². The summed E-state index contributed by atoms with van der Waals surface area (Å²) in [6.45, 7) is 6.42. The van der Waals surface area contributed by atoms with E-state index in [1.165, 1.54) is 12.8 Å². The number of hydrogen-bond donors (Lipinski definition) is 1. The second kappa shape index (κ2) is 4.85. The van der Waals surface area contributed by atoms with Crippen LogP contribution in [0.4, 0.5) is 6.01 Å². The Morgan fingerprint density at radius 1 is 1.22 bits per heavy atom. The molecule has 1 N–H and O–H groups in total. The Labute approximate surface area is 107 Å². The molecule has 0 radical (unpaired) electrons. The lowest BCUT2D eigenvalue weighted by molar-refractivity contribution is -0.00676. The molecule has 2 unspecified atom stereocenters. The number of morpholine rings is 1. The Bertz CT molecular complexity index is 395. The summed E-state index contributed by atoms with van der Waals surface area (Å²) in [6.07, 6.45) is 2.93. The van der Waals surface area contributed by atoms with Crippen LogP contribution in [0.25, 0.3) is 0 Å². The summed E-state index contributed by atoms with van der Waals surface area (Å²) < 4.78 is 11.4. The molecule has 1 aliphatic carbocycles. The average Bonchev–Trinajstić information content (AvgIpc) is 3.02. The minimum absolute atomic E-state index is 0.202. The third kappa shape index (κ3) is 2.81. The molecule has 1 aliphatic heterocycles. The van der Waals surface area contributed by atoms with Gasteiger partial charge in [0.15, 0.2) is 0 Å². The normalized spacial score (nSPS) is 28.7. The Kier molecular flexibility index (Phi) is 3.22. The summed E-state index contributed by atoms with van der Waals surface area (Å²) in [5, 5.41) is 11.6. The van der Waals surface area contributed by atoms with Crippen LogP contribution in [-0.4, -0.2) is 41.5 Å². The highest BCUT2D eigenvalue weighted by molar-refractivity contribution is 5.25. The highest BCUT2D eigenvalue weighted by atomic mass is 16.5. The minimum atomic E-state index is 0.202. The van der Waals surface area contributed by atoms with Crippen molar-refractivity contribution in [1.82, 2.24) is 15.5 Å². The van der Waals surface area contributed by atoms with Crippen molar-refractivity contribution in [2.45, 2.75) is 51.5 Å². The third-order valence-corrected chi connectivity index (χ3v) is 3.27. The fraction of sp³-hybridized carbons (Fsp3) is 0.833. The first-order chi connectivity index (χ1) is 8.70. The summed E-state index contributed by atoms with van der Waals surface area (Å²) in [7, 11) is 0. The predicted molar refractivity (Wildman–Crippen MR) is 66.4 cm³/mol. The van der Waals surface area contributed by atoms with E-state index >= 15 is 0 Å². The molecule has 6 heteroatoms. The first-order valence-corrected chi connectivity index (χ1v) is 6.67. The zero-order valence-corrected chi connectivity index (χ0v) is 10.9. The Balaban J connectivity index is 1.60. The van der Waals surface area contributed by atoms with Crippen LogP contribution in [0.2, 0.25) is 0 Å². The van der Waals surface area contributed by atoms with E-state index in [-0.39, 0.29) is 12.2 Å². The van der Waals surface area contributed by atoms with Crippen molar-refractivity contribution < 1.29 is 9.15 Å². The predicted octanol–water partition coefficient (Wildman–Crippen LogP) is 0.935. The monoisotopic (exact) mass is 252 g/mol. The van der Waals surface area contributed by atoms with Crippen LogP contribution < -0.4 is 10.2 Å². The number of ether oxygens (including phenoxy) is 1. The first-order valence-electron chi connectivity index (χ1n) is 6.67. The molecule has 3 rings (SSSR count). The van der Waals surface area contributed by atoms with Crippen molar-refractivity contribution in [3.63, 3.8) is 0 Å². The van der Waals surface area contributed by atoms with E-state index in [4.69, 9.17) is 9.15 Å². The van der Waals surface area contributed by atoms with E-state index in [9.17, 15) is 0 Å². The molecule has 1 aromatic heterocycles. The molecule has 2 heterocycles. The number of aromatic nitrogens is 2. The summed E-state index contributed by atoms with van der Waals surface area (Å²) in [5.74, 6) is 0.670. The molecule has 18 heavy (non-hydrogen) atoms.